The van der Waals surface area contributed by atoms with E-state index < -0.39 is 21.3 Å². The molecular weight excluding hydrogens is 466 g/mol. The average molecular weight is 500 g/mol. The monoisotopic (exact) mass is 499 g/mol. The lowest BCUT2D eigenvalue weighted by Gasteiger charge is -2.54. The maximum Gasteiger partial charge on any atom is 0.261 e. The zero-order valence-electron chi connectivity index (χ0n) is 20.5. The van der Waals surface area contributed by atoms with Crippen LogP contribution in [0.5, 0.6) is 5.75 Å². The molecule has 0 spiro atoms. The van der Waals surface area contributed by atoms with E-state index >= 15 is 0 Å². The van der Waals surface area contributed by atoms with Gasteiger partial charge in [-0.15, -0.1) is 0 Å². The Morgan fingerprint density at radius 1 is 1.17 bits per heavy atom. The van der Waals surface area contributed by atoms with Crippen LogP contribution in [0.2, 0.25) is 0 Å². The van der Waals surface area contributed by atoms with Crippen LogP contribution in [0.3, 0.4) is 0 Å². The Morgan fingerprint density at radius 2 is 1.89 bits per heavy atom. The molecule has 2 fully saturated rings. The van der Waals surface area contributed by atoms with Crippen LogP contribution < -0.4 is 5.56 Å². The molecule has 0 saturated carbocycles. The normalized spacial score (nSPS) is 28.3. The van der Waals surface area contributed by atoms with E-state index in [1.165, 1.54) is 4.90 Å². The molecule has 35 heavy (non-hydrogen) atoms. The summed E-state index contributed by atoms with van der Waals surface area (Å²) in [5.74, 6) is -0.0609. The second kappa shape index (κ2) is 8.48. The Kier molecular flexibility index (Phi) is 5.83. The molecule has 2 aliphatic heterocycles. The third-order valence-electron chi connectivity index (χ3n) is 8.66. The number of H-pyrrole nitrogens is 1. The van der Waals surface area contributed by atoms with Crippen LogP contribution in [-0.4, -0.2) is 78.4 Å². The fraction of sp³-hybridized carbons (Fsp3) is 0.538. The second-order valence-corrected chi connectivity index (χ2v) is 12.9. The van der Waals surface area contributed by atoms with Crippen LogP contribution in [0, 0.1) is 12.8 Å². The third kappa shape index (κ3) is 4.08. The number of nitrogens with one attached hydrogen (secondary N) is 1. The highest BCUT2D eigenvalue weighted by Gasteiger charge is 2.50. The minimum absolute atomic E-state index is 0.0701. The van der Waals surface area contributed by atoms with Gasteiger partial charge in [-0.25, -0.2) is 8.42 Å². The maximum atomic E-state index is 13.2. The number of nitrogens with zero attached hydrogens (tertiary/aromatic N) is 2. The van der Waals surface area contributed by atoms with E-state index in [9.17, 15) is 23.1 Å². The lowest BCUT2D eigenvalue weighted by molar-refractivity contribution is 0.0447. The first-order chi connectivity index (χ1) is 16.5. The summed E-state index contributed by atoms with van der Waals surface area (Å²) in [6, 6.07) is 7.56. The van der Waals surface area contributed by atoms with Crippen molar-refractivity contribution in [1.82, 2.24) is 14.8 Å². The number of likely N-dealkylation sites (tertiary alicyclic amines) is 1. The highest BCUT2D eigenvalue weighted by molar-refractivity contribution is 7.91. The predicted octanol–water partition coefficient (Wildman–Crippen LogP) is 1.64. The van der Waals surface area contributed by atoms with Gasteiger partial charge < -0.3 is 19.9 Å². The zero-order chi connectivity index (χ0) is 25.1. The molecule has 188 valence electrons. The number of aromatic nitrogens is 1. The van der Waals surface area contributed by atoms with Crippen LogP contribution in [0.15, 0.2) is 29.1 Å². The number of amides is 1. The van der Waals surface area contributed by atoms with Gasteiger partial charge in [0.15, 0.2) is 9.84 Å². The largest absolute Gasteiger partial charge is 0.508 e. The van der Waals surface area contributed by atoms with Crippen LogP contribution >= 0.6 is 0 Å². The number of phenolic OH excluding ortho intramolecular Hbond substituents is 1. The number of aromatic hydroxyl groups is 1. The van der Waals surface area contributed by atoms with Crippen molar-refractivity contribution >= 4 is 15.7 Å². The number of aromatic amines is 1. The van der Waals surface area contributed by atoms with Gasteiger partial charge in [-0.3, -0.25) is 9.59 Å². The first-order valence-electron chi connectivity index (χ1n) is 12.3. The van der Waals surface area contributed by atoms with E-state index in [2.05, 4.69) is 30.8 Å². The molecule has 2 saturated heterocycles. The highest BCUT2D eigenvalue weighted by atomic mass is 32.2. The molecule has 1 aliphatic carbocycles. The minimum Gasteiger partial charge on any atom is -0.508 e. The summed E-state index contributed by atoms with van der Waals surface area (Å²) in [6.07, 6.45) is 2.26. The van der Waals surface area contributed by atoms with Gasteiger partial charge >= 0.3 is 0 Å². The minimum atomic E-state index is -3.12. The molecule has 0 bridgehead atoms. The summed E-state index contributed by atoms with van der Waals surface area (Å²) in [4.78, 5) is 33.1. The average Bonchev–Trinajstić information content (AvgIpc) is 2.81. The predicted molar refractivity (Wildman–Crippen MR) is 134 cm³/mol. The standard InChI is InChI=1S/C26H33N3O5S/c1-16-4-5-19(30)14-21(16)26-6-7-28(3)17(2)22(26)13-18-12-20(24(31)27-23(18)15-26)25(32)29-8-10-35(33,34)11-9-29/h4-5,12,14,17,22,30H,6-11,13,15H2,1-3H3,(H,27,31)/t17-,22+,26-/m1/s1. The molecule has 3 heterocycles. The van der Waals surface area contributed by atoms with E-state index in [0.717, 1.165) is 35.3 Å². The summed E-state index contributed by atoms with van der Waals surface area (Å²) in [6.45, 7) is 5.45. The fourth-order valence-corrected chi connectivity index (χ4v) is 7.64. The Balaban J connectivity index is 1.55. The molecule has 2 N–H and O–H groups in total. The number of rotatable bonds is 2. The Bertz CT molecular complexity index is 1340. The van der Waals surface area contributed by atoms with Crippen molar-refractivity contribution in [2.75, 3.05) is 38.2 Å². The first kappa shape index (κ1) is 24.1. The molecule has 0 radical (unpaired) electrons. The molecule has 1 aromatic carbocycles. The quantitative estimate of drug-likeness (QED) is 0.650. The smallest absolute Gasteiger partial charge is 0.261 e. The van der Waals surface area contributed by atoms with Gasteiger partial charge in [0.1, 0.15) is 11.3 Å². The maximum absolute atomic E-state index is 13.2. The van der Waals surface area contributed by atoms with Gasteiger partial charge in [0, 0.05) is 30.2 Å². The van der Waals surface area contributed by atoms with Crippen molar-refractivity contribution in [3.63, 3.8) is 0 Å². The van der Waals surface area contributed by atoms with E-state index in [1.807, 2.05) is 12.1 Å². The van der Waals surface area contributed by atoms with Crippen molar-refractivity contribution in [2.24, 2.45) is 5.92 Å². The van der Waals surface area contributed by atoms with E-state index in [0.29, 0.717) is 12.8 Å². The van der Waals surface area contributed by atoms with E-state index in [4.69, 9.17) is 0 Å². The number of benzene rings is 1. The van der Waals surface area contributed by atoms with Gasteiger partial charge in [0.25, 0.3) is 11.5 Å². The SMILES string of the molecule is Cc1ccc(O)cc1[C@]12CCN(C)[C@H](C)[C@@H]1Cc1cc(C(=O)N3CCS(=O)(=O)CC3)c(=O)[nH]c1C2. The Labute approximate surface area is 205 Å². The molecular formula is C26H33N3O5S. The Morgan fingerprint density at radius 3 is 2.60 bits per heavy atom. The Hall–Kier alpha value is -2.65. The molecule has 2 aromatic rings. The number of aryl methyl sites for hydroxylation is 1. The molecule has 5 rings (SSSR count). The number of sulfone groups is 1. The fourth-order valence-electron chi connectivity index (χ4n) is 6.44. The summed E-state index contributed by atoms with van der Waals surface area (Å²) in [5, 5.41) is 10.3. The van der Waals surface area contributed by atoms with E-state index in [-0.39, 0.29) is 53.3 Å². The number of hydrogen-bond donors (Lipinski definition) is 2. The summed E-state index contributed by atoms with van der Waals surface area (Å²) >= 11 is 0. The number of pyridine rings is 1. The van der Waals surface area contributed by atoms with Crippen LogP contribution in [0.4, 0.5) is 0 Å². The van der Waals surface area contributed by atoms with E-state index in [1.54, 1.807) is 12.1 Å². The lowest BCUT2D eigenvalue weighted by Crippen LogP contribution is -2.57. The summed E-state index contributed by atoms with van der Waals surface area (Å²) in [5.41, 5.74) is 3.51. The number of piperidine rings is 1. The van der Waals surface area contributed by atoms with Gasteiger partial charge in [-0.2, -0.15) is 0 Å². The van der Waals surface area contributed by atoms with Crippen LogP contribution in [0.1, 0.15) is 46.1 Å². The molecule has 8 nitrogen and oxygen atoms in total. The number of fused-ring (bicyclic) bond motifs is 2. The molecule has 1 amide bonds. The molecule has 0 unspecified atom stereocenters. The second-order valence-electron chi connectivity index (χ2n) is 10.6. The van der Waals surface area contributed by atoms with Crippen molar-refractivity contribution < 1.29 is 18.3 Å². The molecule has 1 aromatic heterocycles. The number of carbonyl (C=O) groups is 1. The van der Waals surface area contributed by atoms with Crippen molar-refractivity contribution in [2.45, 2.75) is 44.6 Å². The van der Waals surface area contributed by atoms with Gasteiger partial charge in [0.05, 0.1) is 11.5 Å². The van der Waals surface area contributed by atoms with Gasteiger partial charge in [0.2, 0.25) is 0 Å². The lowest BCUT2D eigenvalue weighted by atomic mass is 9.56. The zero-order valence-corrected chi connectivity index (χ0v) is 21.3. The topological polar surface area (TPSA) is 111 Å². The van der Waals surface area contributed by atoms with Gasteiger partial charge in [-0.1, -0.05) is 6.07 Å². The molecule has 3 atom stereocenters. The third-order valence-corrected chi connectivity index (χ3v) is 10.3. The van der Waals surface area contributed by atoms with Gasteiger partial charge in [-0.05, 0) is 87.5 Å². The first-order valence-corrected chi connectivity index (χ1v) is 14.1. The number of hydrogen-bond acceptors (Lipinski definition) is 6. The number of carbonyl (C=O) groups excluding carboxylic acids is 1. The number of phenols is 1. The van der Waals surface area contributed by atoms with Crippen molar-refractivity contribution in [3.8, 4) is 5.75 Å². The summed E-state index contributed by atoms with van der Waals surface area (Å²) < 4.78 is 23.5. The van der Waals surface area contributed by atoms with Crippen molar-refractivity contribution in [1.29, 1.82) is 0 Å². The highest BCUT2D eigenvalue weighted by Crippen LogP contribution is 2.50. The summed E-state index contributed by atoms with van der Waals surface area (Å²) in [7, 11) is -0.992. The van der Waals surface area contributed by atoms with Crippen LogP contribution in [0.25, 0.3) is 0 Å². The molecule has 9 heteroatoms. The van der Waals surface area contributed by atoms with Crippen molar-refractivity contribution in [3.05, 3.63) is 62.6 Å². The van der Waals surface area contributed by atoms with Crippen LogP contribution in [-0.2, 0) is 28.1 Å². The molecule has 3 aliphatic rings.